The first kappa shape index (κ1) is 32.0. The standard InChI is InChI=1S/C51H32N4OS/c1-3-14-31(15-4-1)49-52-50(32-16-5-2-6-17-32)54-51(53-49)39-23-11-22-38-46-36(20-12-26-43(46)56-48(38)39)37-21-13-27-45-47(37)40-30-33(28-29-44(40)57-45)55-41-24-9-7-18-34(41)35-19-8-10-25-42(35)55/h1-30,49H,(H,52,53,54). The third-order valence-corrected chi connectivity index (χ3v) is 12.4. The summed E-state index contributed by atoms with van der Waals surface area (Å²) in [6, 6.07) is 64.3. The van der Waals surface area contributed by atoms with Crippen LogP contribution in [0.15, 0.2) is 196 Å². The van der Waals surface area contributed by atoms with E-state index in [2.05, 4.69) is 155 Å². The average molecular weight is 749 g/mol. The minimum absolute atomic E-state index is 0.305. The molecule has 1 unspecified atom stereocenters. The highest BCUT2D eigenvalue weighted by molar-refractivity contribution is 7.26. The van der Waals surface area contributed by atoms with E-state index in [9.17, 15) is 0 Å². The van der Waals surface area contributed by atoms with Crippen molar-refractivity contribution in [2.24, 2.45) is 9.98 Å². The lowest BCUT2D eigenvalue weighted by Crippen LogP contribution is -2.33. The van der Waals surface area contributed by atoms with Gasteiger partial charge in [-0.05, 0) is 65.2 Å². The van der Waals surface area contributed by atoms with Gasteiger partial charge >= 0.3 is 0 Å². The molecule has 1 aliphatic rings. The van der Waals surface area contributed by atoms with E-state index in [1.54, 1.807) is 0 Å². The normalized spacial score (nSPS) is 14.5. The van der Waals surface area contributed by atoms with Crippen LogP contribution in [0.1, 0.15) is 22.9 Å². The van der Waals surface area contributed by atoms with Crippen molar-refractivity contribution in [3.8, 4) is 16.8 Å². The van der Waals surface area contributed by atoms with Gasteiger partial charge in [0, 0.05) is 53.0 Å². The molecule has 0 radical (unpaired) electrons. The van der Waals surface area contributed by atoms with Crippen molar-refractivity contribution >= 4 is 86.9 Å². The van der Waals surface area contributed by atoms with Crippen molar-refractivity contribution < 1.29 is 4.42 Å². The molecule has 1 aliphatic heterocycles. The second-order valence-corrected chi connectivity index (χ2v) is 15.6. The molecule has 1 N–H and O–H groups in total. The number of thiophene rings is 1. The Bertz CT molecular complexity index is 3390. The van der Waals surface area contributed by atoms with Crippen LogP contribution in [0.4, 0.5) is 0 Å². The molecule has 1 atom stereocenters. The molecular weight excluding hydrogens is 717 g/mol. The molecule has 12 rings (SSSR count). The van der Waals surface area contributed by atoms with Gasteiger partial charge in [-0.3, -0.25) is 0 Å². The van der Waals surface area contributed by atoms with Crippen LogP contribution in [0.25, 0.3) is 80.7 Å². The fourth-order valence-corrected chi connectivity index (χ4v) is 9.86. The maximum absolute atomic E-state index is 6.84. The van der Waals surface area contributed by atoms with E-state index in [0.29, 0.717) is 5.84 Å². The zero-order chi connectivity index (χ0) is 37.5. The van der Waals surface area contributed by atoms with Crippen LogP contribution < -0.4 is 5.32 Å². The van der Waals surface area contributed by atoms with Gasteiger partial charge in [0.2, 0.25) is 0 Å². The molecule has 11 aromatic rings. The van der Waals surface area contributed by atoms with Gasteiger partial charge in [0.15, 0.2) is 5.84 Å². The highest BCUT2D eigenvalue weighted by Crippen LogP contribution is 2.45. The van der Waals surface area contributed by atoms with Gasteiger partial charge in [-0.2, -0.15) is 0 Å². The quantitative estimate of drug-likeness (QED) is 0.191. The van der Waals surface area contributed by atoms with Gasteiger partial charge < -0.3 is 14.3 Å². The molecule has 0 bridgehead atoms. The van der Waals surface area contributed by atoms with Crippen LogP contribution in [-0.2, 0) is 0 Å². The van der Waals surface area contributed by atoms with Gasteiger partial charge in [-0.15, -0.1) is 11.3 Å². The van der Waals surface area contributed by atoms with Crippen molar-refractivity contribution in [1.29, 1.82) is 0 Å². The van der Waals surface area contributed by atoms with Crippen LogP contribution in [0.5, 0.6) is 0 Å². The molecule has 8 aromatic carbocycles. The lowest BCUT2D eigenvalue weighted by Gasteiger charge is -2.23. The van der Waals surface area contributed by atoms with E-state index >= 15 is 0 Å². The SMILES string of the molecule is c1ccc(C2=NC(c3cccc4c3oc3cccc(-c5cccc6sc7ccc(-n8c9ccccc9c9ccccc98)cc7c56)c34)=NC(c3ccccc3)N2)cc1. The predicted molar refractivity (Wildman–Crippen MR) is 238 cm³/mol. The number of fused-ring (bicyclic) bond motifs is 9. The Kier molecular flexibility index (Phi) is 7.09. The zero-order valence-electron chi connectivity index (χ0n) is 30.6. The first-order chi connectivity index (χ1) is 28.3. The number of aliphatic imine (C=N–C) groups is 2. The van der Waals surface area contributed by atoms with E-state index in [4.69, 9.17) is 14.4 Å². The Balaban J connectivity index is 1.06. The fourth-order valence-electron chi connectivity index (χ4n) is 8.75. The number of benzene rings is 8. The van der Waals surface area contributed by atoms with Gasteiger partial charge in [-0.25, -0.2) is 9.98 Å². The summed E-state index contributed by atoms with van der Waals surface area (Å²) in [5.74, 6) is 1.41. The summed E-state index contributed by atoms with van der Waals surface area (Å²) < 4.78 is 11.8. The number of nitrogens with zero attached hydrogens (tertiary/aromatic N) is 3. The summed E-state index contributed by atoms with van der Waals surface area (Å²) in [5, 5.41) is 10.7. The lowest BCUT2D eigenvalue weighted by molar-refractivity contribution is 0.663. The summed E-state index contributed by atoms with van der Waals surface area (Å²) in [4.78, 5) is 10.3. The molecule has 4 heterocycles. The first-order valence-electron chi connectivity index (χ1n) is 19.2. The summed E-state index contributed by atoms with van der Waals surface area (Å²) >= 11 is 1.84. The number of hydrogen-bond acceptors (Lipinski definition) is 5. The highest BCUT2D eigenvalue weighted by Gasteiger charge is 2.25. The second-order valence-electron chi connectivity index (χ2n) is 14.5. The van der Waals surface area contributed by atoms with Gasteiger partial charge in [0.05, 0.1) is 16.6 Å². The number of para-hydroxylation sites is 3. The number of amidine groups is 2. The van der Waals surface area contributed by atoms with E-state index in [1.165, 1.54) is 47.5 Å². The highest BCUT2D eigenvalue weighted by atomic mass is 32.1. The van der Waals surface area contributed by atoms with Gasteiger partial charge in [0.25, 0.3) is 0 Å². The third kappa shape index (κ3) is 5.01. The van der Waals surface area contributed by atoms with Crippen molar-refractivity contribution in [2.45, 2.75) is 6.17 Å². The van der Waals surface area contributed by atoms with E-state index in [0.717, 1.165) is 55.7 Å². The summed E-state index contributed by atoms with van der Waals surface area (Å²) in [5.41, 5.74) is 10.4. The average Bonchev–Trinajstić information content (AvgIpc) is 3.96. The molecule has 0 saturated heterocycles. The monoisotopic (exact) mass is 748 g/mol. The Morgan fingerprint density at radius 1 is 0.526 bits per heavy atom. The molecule has 0 fully saturated rings. The maximum Gasteiger partial charge on any atom is 0.163 e. The van der Waals surface area contributed by atoms with Crippen LogP contribution in [-0.4, -0.2) is 16.2 Å². The topological polar surface area (TPSA) is 54.8 Å². The molecular formula is C51H32N4OS. The maximum atomic E-state index is 6.84. The lowest BCUT2D eigenvalue weighted by atomic mass is 9.95. The molecule has 268 valence electrons. The molecule has 0 saturated carbocycles. The largest absolute Gasteiger partial charge is 0.455 e. The third-order valence-electron chi connectivity index (χ3n) is 11.3. The minimum Gasteiger partial charge on any atom is -0.455 e. The second kappa shape index (κ2) is 12.6. The van der Waals surface area contributed by atoms with E-state index in [1.807, 2.05) is 47.7 Å². The smallest absolute Gasteiger partial charge is 0.163 e. The van der Waals surface area contributed by atoms with Crippen LogP contribution in [0.3, 0.4) is 0 Å². The predicted octanol–water partition coefficient (Wildman–Crippen LogP) is 13.2. The van der Waals surface area contributed by atoms with Crippen molar-refractivity contribution in [3.63, 3.8) is 0 Å². The molecule has 6 heteroatoms. The number of furan rings is 1. The Hall–Kier alpha value is -7.28. The molecule has 3 aromatic heterocycles. The van der Waals surface area contributed by atoms with Gasteiger partial charge in [0.1, 0.15) is 23.2 Å². The van der Waals surface area contributed by atoms with E-state index < -0.39 is 0 Å². The molecule has 0 aliphatic carbocycles. The van der Waals surface area contributed by atoms with Gasteiger partial charge in [-0.1, -0.05) is 133 Å². The summed E-state index contributed by atoms with van der Waals surface area (Å²) in [6.07, 6.45) is -0.305. The van der Waals surface area contributed by atoms with Crippen molar-refractivity contribution in [2.75, 3.05) is 0 Å². The minimum atomic E-state index is -0.305. The number of aromatic nitrogens is 1. The summed E-state index contributed by atoms with van der Waals surface area (Å²) in [7, 11) is 0. The molecule has 5 nitrogen and oxygen atoms in total. The summed E-state index contributed by atoms with van der Waals surface area (Å²) in [6.45, 7) is 0. The Morgan fingerprint density at radius 2 is 1.18 bits per heavy atom. The van der Waals surface area contributed by atoms with Crippen molar-refractivity contribution in [1.82, 2.24) is 9.88 Å². The fraction of sp³-hybridized carbons (Fsp3) is 0.0196. The van der Waals surface area contributed by atoms with Crippen LogP contribution >= 0.6 is 11.3 Å². The Morgan fingerprint density at radius 3 is 1.96 bits per heavy atom. The van der Waals surface area contributed by atoms with Crippen molar-refractivity contribution in [3.05, 3.63) is 199 Å². The molecule has 57 heavy (non-hydrogen) atoms. The van der Waals surface area contributed by atoms with Crippen LogP contribution in [0.2, 0.25) is 0 Å². The number of rotatable bonds is 5. The molecule has 0 spiro atoms. The van der Waals surface area contributed by atoms with E-state index in [-0.39, 0.29) is 6.17 Å². The number of nitrogens with one attached hydrogen (secondary N) is 1. The molecule has 0 amide bonds. The number of hydrogen-bond donors (Lipinski definition) is 1. The zero-order valence-corrected chi connectivity index (χ0v) is 31.4. The van der Waals surface area contributed by atoms with Crippen LogP contribution in [0, 0.1) is 0 Å². The first-order valence-corrected chi connectivity index (χ1v) is 20.0. The Labute approximate surface area is 331 Å².